The molecular formula is C14H27NO2. The number of nitrogens with zero attached hydrogens (tertiary/aromatic N) is 1. The lowest BCUT2D eigenvalue weighted by atomic mass is 9.82. The molecule has 2 rings (SSSR count). The van der Waals surface area contributed by atoms with Crippen LogP contribution in [-0.4, -0.2) is 49.0 Å². The molecule has 1 N–H and O–H groups in total. The molecular weight excluding hydrogens is 214 g/mol. The van der Waals surface area contributed by atoms with Crippen LogP contribution in [0.3, 0.4) is 0 Å². The van der Waals surface area contributed by atoms with Crippen LogP contribution in [-0.2, 0) is 4.74 Å². The fourth-order valence-electron chi connectivity index (χ4n) is 2.73. The number of aliphatic hydroxyl groups excluding tert-OH is 1. The number of hydrogen-bond acceptors (Lipinski definition) is 3. The van der Waals surface area contributed by atoms with Gasteiger partial charge in [0.1, 0.15) is 0 Å². The van der Waals surface area contributed by atoms with Gasteiger partial charge in [0.05, 0.1) is 13.2 Å². The Morgan fingerprint density at radius 2 is 2.18 bits per heavy atom. The highest BCUT2D eigenvalue weighted by Crippen LogP contribution is 2.34. The third kappa shape index (κ3) is 3.67. The molecule has 0 aromatic carbocycles. The molecule has 1 unspecified atom stereocenters. The van der Waals surface area contributed by atoms with Crippen LogP contribution < -0.4 is 0 Å². The second kappa shape index (κ2) is 5.68. The number of ether oxygens (including phenoxy) is 1. The van der Waals surface area contributed by atoms with Gasteiger partial charge in [-0.25, -0.2) is 0 Å². The molecule has 1 atom stereocenters. The zero-order valence-corrected chi connectivity index (χ0v) is 11.3. The Morgan fingerprint density at radius 3 is 2.65 bits per heavy atom. The highest BCUT2D eigenvalue weighted by molar-refractivity contribution is 4.88. The van der Waals surface area contributed by atoms with Gasteiger partial charge < -0.3 is 9.84 Å². The second-order valence-corrected chi connectivity index (χ2v) is 6.28. The SMILES string of the molecule is CC(C)N(CC1CC1)CC1(CO)CCCOC1. The van der Waals surface area contributed by atoms with E-state index < -0.39 is 0 Å². The quantitative estimate of drug-likeness (QED) is 0.771. The van der Waals surface area contributed by atoms with Gasteiger partial charge in [-0.2, -0.15) is 0 Å². The Balaban J connectivity index is 1.93. The van der Waals surface area contributed by atoms with Crippen LogP contribution in [0.4, 0.5) is 0 Å². The van der Waals surface area contributed by atoms with E-state index in [0.717, 1.165) is 38.5 Å². The molecule has 0 amide bonds. The van der Waals surface area contributed by atoms with Crippen molar-refractivity contribution in [2.24, 2.45) is 11.3 Å². The van der Waals surface area contributed by atoms with Crippen molar-refractivity contribution in [3.8, 4) is 0 Å². The first-order valence-electron chi connectivity index (χ1n) is 7.08. The summed E-state index contributed by atoms with van der Waals surface area (Å²) in [6.07, 6.45) is 4.99. The van der Waals surface area contributed by atoms with E-state index in [2.05, 4.69) is 18.7 Å². The average molecular weight is 241 g/mol. The largest absolute Gasteiger partial charge is 0.396 e. The van der Waals surface area contributed by atoms with E-state index in [4.69, 9.17) is 4.74 Å². The van der Waals surface area contributed by atoms with Crippen molar-refractivity contribution in [2.75, 3.05) is 32.9 Å². The summed E-state index contributed by atoms with van der Waals surface area (Å²) < 4.78 is 5.59. The minimum Gasteiger partial charge on any atom is -0.396 e. The molecule has 100 valence electrons. The Bertz CT molecular complexity index is 232. The summed E-state index contributed by atoms with van der Waals surface area (Å²) in [7, 11) is 0. The standard InChI is InChI=1S/C14H27NO2/c1-12(2)15(8-13-4-5-13)9-14(10-16)6-3-7-17-11-14/h12-13,16H,3-11H2,1-2H3. The molecule has 0 aromatic rings. The summed E-state index contributed by atoms with van der Waals surface area (Å²) in [5, 5.41) is 9.72. The van der Waals surface area contributed by atoms with Gasteiger partial charge in [-0.3, -0.25) is 4.90 Å². The van der Waals surface area contributed by atoms with Gasteiger partial charge in [-0.1, -0.05) is 0 Å². The van der Waals surface area contributed by atoms with E-state index in [0.29, 0.717) is 6.04 Å². The maximum Gasteiger partial charge on any atom is 0.0556 e. The fraction of sp³-hybridized carbons (Fsp3) is 1.00. The van der Waals surface area contributed by atoms with Crippen LogP contribution in [0.1, 0.15) is 39.5 Å². The third-order valence-electron chi connectivity index (χ3n) is 4.20. The van der Waals surface area contributed by atoms with Crippen molar-refractivity contribution in [2.45, 2.75) is 45.6 Å². The van der Waals surface area contributed by atoms with E-state index in [1.807, 2.05) is 0 Å². The third-order valence-corrected chi connectivity index (χ3v) is 4.20. The lowest BCUT2D eigenvalue weighted by molar-refractivity contribution is -0.0598. The van der Waals surface area contributed by atoms with Crippen molar-refractivity contribution >= 4 is 0 Å². The van der Waals surface area contributed by atoms with Crippen molar-refractivity contribution in [1.29, 1.82) is 0 Å². The van der Waals surface area contributed by atoms with E-state index in [-0.39, 0.29) is 12.0 Å². The summed E-state index contributed by atoms with van der Waals surface area (Å²) in [6, 6.07) is 0.570. The van der Waals surface area contributed by atoms with Crippen molar-refractivity contribution < 1.29 is 9.84 Å². The maximum atomic E-state index is 9.72. The predicted molar refractivity (Wildman–Crippen MR) is 69.0 cm³/mol. The Hall–Kier alpha value is -0.120. The molecule has 1 saturated heterocycles. The zero-order valence-electron chi connectivity index (χ0n) is 11.3. The summed E-state index contributed by atoms with van der Waals surface area (Å²) in [4.78, 5) is 2.54. The van der Waals surface area contributed by atoms with E-state index in [1.54, 1.807) is 0 Å². The van der Waals surface area contributed by atoms with Crippen LogP contribution in [0.5, 0.6) is 0 Å². The number of aliphatic hydroxyl groups is 1. The topological polar surface area (TPSA) is 32.7 Å². The molecule has 0 radical (unpaired) electrons. The first-order chi connectivity index (χ1) is 8.15. The Kier molecular flexibility index (Phi) is 4.45. The second-order valence-electron chi connectivity index (χ2n) is 6.28. The van der Waals surface area contributed by atoms with Crippen molar-refractivity contribution in [1.82, 2.24) is 4.90 Å². The fourth-order valence-corrected chi connectivity index (χ4v) is 2.73. The van der Waals surface area contributed by atoms with Gasteiger partial charge in [-0.15, -0.1) is 0 Å². The molecule has 2 aliphatic rings. The molecule has 1 saturated carbocycles. The highest BCUT2D eigenvalue weighted by atomic mass is 16.5. The lowest BCUT2D eigenvalue weighted by Gasteiger charge is -2.41. The molecule has 1 heterocycles. The number of hydrogen-bond donors (Lipinski definition) is 1. The van der Waals surface area contributed by atoms with Crippen LogP contribution in [0.25, 0.3) is 0 Å². The van der Waals surface area contributed by atoms with Crippen LogP contribution in [0, 0.1) is 11.3 Å². The van der Waals surface area contributed by atoms with Gasteiger partial charge >= 0.3 is 0 Å². The van der Waals surface area contributed by atoms with Gasteiger partial charge in [-0.05, 0) is 45.4 Å². The summed E-state index contributed by atoms with van der Waals surface area (Å²) >= 11 is 0. The molecule has 3 heteroatoms. The van der Waals surface area contributed by atoms with E-state index in [1.165, 1.54) is 19.4 Å². The molecule has 0 aromatic heterocycles. The molecule has 3 nitrogen and oxygen atoms in total. The zero-order chi connectivity index (χ0) is 12.3. The van der Waals surface area contributed by atoms with Crippen molar-refractivity contribution in [3.63, 3.8) is 0 Å². The Labute approximate surface area is 105 Å². The maximum absolute atomic E-state index is 9.72. The molecule has 1 aliphatic heterocycles. The summed E-state index contributed by atoms with van der Waals surface area (Å²) in [5.41, 5.74) is -0.00257. The molecule has 0 bridgehead atoms. The molecule has 1 aliphatic carbocycles. The molecule has 17 heavy (non-hydrogen) atoms. The lowest BCUT2D eigenvalue weighted by Crippen LogP contribution is -2.48. The van der Waals surface area contributed by atoms with Crippen molar-refractivity contribution in [3.05, 3.63) is 0 Å². The Morgan fingerprint density at radius 1 is 1.41 bits per heavy atom. The van der Waals surface area contributed by atoms with Crippen LogP contribution >= 0.6 is 0 Å². The highest BCUT2D eigenvalue weighted by Gasteiger charge is 2.36. The number of rotatable bonds is 6. The monoisotopic (exact) mass is 241 g/mol. The van der Waals surface area contributed by atoms with Gasteiger partial charge in [0.15, 0.2) is 0 Å². The minimum absolute atomic E-state index is 0.00257. The average Bonchev–Trinajstić information content (AvgIpc) is 3.13. The normalized spacial score (nSPS) is 30.2. The smallest absolute Gasteiger partial charge is 0.0556 e. The first kappa shape index (κ1) is 13.3. The minimum atomic E-state index is -0.00257. The van der Waals surface area contributed by atoms with Gasteiger partial charge in [0.25, 0.3) is 0 Å². The molecule has 2 fully saturated rings. The first-order valence-corrected chi connectivity index (χ1v) is 7.08. The van der Waals surface area contributed by atoms with Crippen LogP contribution in [0.2, 0.25) is 0 Å². The summed E-state index contributed by atoms with van der Waals surface area (Å²) in [5.74, 6) is 0.914. The summed E-state index contributed by atoms with van der Waals surface area (Å²) in [6.45, 7) is 8.59. The van der Waals surface area contributed by atoms with Crippen LogP contribution in [0.15, 0.2) is 0 Å². The molecule has 0 spiro atoms. The van der Waals surface area contributed by atoms with E-state index in [9.17, 15) is 5.11 Å². The van der Waals surface area contributed by atoms with Gasteiger partial charge in [0, 0.05) is 31.2 Å². The van der Waals surface area contributed by atoms with Gasteiger partial charge in [0.2, 0.25) is 0 Å². The predicted octanol–water partition coefficient (Wildman–Crippen LogP) is 1.90. The van der Waals surface area contributed by atoms with E-state index >= 15 is 0 Å².